The summed E-state index contributed by atoms with van der Waals surface area (Å²) in [6.07, 6.45) is 5.67. The molecule has 0 saturated carbocycles. The molecule has 2 N–H and O–H groups in total. The minimum absolute atomic E-state index is 0.151. The number of nitrogens with zero attached hydrogens (tertiary/aromatic N) is 3. The van der Waals surface area contributed by atoms with Crippen molar-refractivity contribution >= 4 is 28.5 Å². The highest BCUT2D eigenvalue weighted by Crippen LogP contribution is 2.19. The Balaban J connectivity index is 1.84. The fraction of sp³-hybridized carbons (Fsp3) is 0.667. The average Bonchev–Trinajstić information content (AvgIpc) is 2.75. The molecule has 1 fully saturated rings. The van der Waals surface area contributed by atoms with E-state index in [0.717, 1.165) is 29.5 Å². The summed E-state index contributed by atoms with van der Waals surface area (Å²) in [6.45, 7) is 4.03. The number of aromatic nitrogens is 2. The number of hydrogen-bond donors (Lipinski definition) is 1. The van der Waals surface area contributed by atoms with Crippen molar-refractivity contribution in [2.75, 3.05) is 13.1 Å². The van der Waals surface area contributed by atoms with Crippen LogP contribution in [0, 0.1) is 9.49 Å². The van der Waals surface area contributed by atoms with Crippen LogP contribution in [0.2, 0.25) is 0 Å². The number of carbonyl (C=O) groups excluding carboxylic acids is 1. The molecule has 1 aromatic heterocycles. The van der Waals surface area contributed by atoms with Gasteiger partial charge in [-0.15, -0.1) is 0 Å². The van der Waals surface area contributed by atoms with Gasteiger partial charge >= 0.3 is 0 Å². The summed E-state index contributed by atoms with van der Waals surface area (Å²) in [6, 6.07) is 0.231. The molecule has 1 aliphatic rings. The maximum atomic E-state index is 12.1. The number of piperidine rings is 1. The molecule has 100 valence electrons. The van der Waals surface area contributed by atoms with E-state index in [-0.39, 0.29) is 11.9 Å². The molecule has 1 unspecified atom stereocenters. The van der Waals surface area contributed by atoms with E-state index in [2.05, 4.69) is 27.7 Å². The summed E-state index contributed by atoms with van der Waals surface area (Å²) in [5.74, 6) is 0.706. The lowest BCUT2D eigenvalue weighted by Crippen LogP contribution is -2.43. The molecule has 18 heavy (non-hydrogen) atoms. The molecule has 1 atom stereocenters. The number of halogens is 1. The molecule has 6 heteroatoms. The average molecular weight is 362 g/mol. The zero-order chi connectivity index (χ0) is 13.1. The van der Waals surface area contributed by atoms with Crippen molar-refractivity contribution in [2.45, 2.75) is 32.4 Å². The summed E-state index contributed by atoms with van der Waals surface area (Å²) >= 11 is 2.19. The summed E-state index contributed by atoms with van der Waals surface area (Å²) in [5, 5.41) is 4.14. The van der Waals surface area contributed by atoms with E-state index in [9.17, 15) is 4.79 Å². The van der Waals surface area contributed by atoms with Gasteiger partial charge in [0.25, 0.3) is 0 Å². The number of nitrogens with two attached hydrogens (primary N) is 1. The zero-order valence-corrected chi connectivity index (χ0v) is 12.7. The first kappa shape index (κ1) is 13.8. The van der Waals surface area contributed by atoms with Gasteiger partial charge in [-0.1, -0.05) is 0 Å². The van der Waals surface area contributed by atoms with Gasteiger partial charge in [0, 0.05) is 25.3 Å². The molecule has 2 rings (SSSR count). The number of hydrogen-bond acceptors (Lipinski definition) is 3. The summed E-state index contributed by atoms with van der Waals surface area (Å²) in [4.78, 5) is 14.0. The van der Waals surface area contributed by atoms with Crippen molar-refractivity contribution in [3.8, 4) is 0 Å². The van der Waals surface area contributed by atoms with Crippen LogP contribution in [0.15, 0.2) is 12.4 Å². The smallest absolute Gasteiger partial charge is 0.244 e. The Bertz CT molecular complexity index is 410. The van der Waals surface area contributed by atoms with E-state index in [1.54, 1.807) is 10.9 Å². The first-order valence-electron chi connectivity index (χ1n) is 6.27. The molecule has 1 aliphatic heterocycles. The quantitative estimate of drug-likeness (QED) is 0.819. The van der Waals surface area contributed by atoms with E-state index in [1.165, 1.54) is 0 Å². The van der Waals surface area contributed by atoms with Gasteiger partial charge in [-0.25, -0.2) is 0 Å². The van der Waals surface area contributed by atoms with E-state index >= 15 is 0 Å². The number of likely N-dealkylation sites (tertiary alicyclic amines) is 1. The highest BCUT2D eigenvalue weighted by atomic mass is 127. The van der Waals surface area contributed by atoms with Crippen LogP contribution < -0.4 is 5.73 Å². The molecule has 0 aromatic carbocycles. The monoisotopic (exact) mass is 362 g/mol. The number of amides is 1. The van der Waals surface area contributed by atoms with E-state index in [1.807, 2.05) is 18.0 Å². The number of carbonyl (C=O) groups is 1. The number of rotatable bonds is 3. The first-order valence-corrected chi connectivity index (χ1v) is 7.35. The van der Waals surface area contributed by atoms with Gasteiger partial charge in [0.15, 0.2) is 0 Å². The molecule has 0 radical (unpaired) electrons. The Morgan fingerprint density at radius 1 is 1.61 bits per heavy atom. The van der Waals surface area contributed by atoms with Crippen molar-refractivity contribution in [3.63, 3.8) is 0 Å². The molecule has 0 spiro atoms. The molecule has 1 saturated heterocycles. The standard InChI is InChI=1S/C12H19IN4O/c1-9(14)10-2-4-16(5-3-10)12(18)8-17-7-11(13)6-15-17/h6-7,9-10H,2-5,8,14H2,1H3. The van der Waals surface area contributed by atoms with Gasteiger partial charge in [-0.05, 0) is 48.3 Å². The van der Waals surface area contributed by atoms with Crippen LogP contribution in [0.25, 0.3) is 0 Å². The third-order valence-corrected chi connectivity index (χ3v) is 4.09. The largest absolute Gasteiger partial charge is 0.341 e. The van der Waals surface area contributed by atoms with E-state index in [4.69, 9.17) is 5.73 Å². The predicted octanol–water partition coefficient (Wildman–Crippen LogP) is 1.07. The minimum Gasteiger partial charge on any atom is -0.341 e. The fourth-order valence-corrected chi connectivity index (χ4v) is 2.78. The molecule has 1 aromatic rings. The van der Waals surface area contributed by atoms with Gasteiger partial charge in [0.2, 0.25) is 5.91 Å². The molecule has 0 aliphatic carbocycles. The lowest BCUT2D eigenvalue weighted by atomic mass is 9.91. The molecule has 5 nitrogen and oxygen atoms in total. The van der Waals surface area contributed by atoms with Gasteiger partial charge in [-0.3, -0.25) is 9.48 Å². The Labute approximate surface area is 121 Å². The van der Waals surface area contributed by atoms with E-state index in [0.29, 0.717) is 12.5 Å². The molecular weight excluding hydrogens is 343 g/mol. The highest BCUT2D eigenvalue weighted by molar-refractivity contribution is 14.1. The van der Waals surface area contributed by atoms with Crippen LogP contribution >= 0.6 is 22.6 Å². The van der Waals surface area contributed by atoms with Crippen LogP contribution in [0.1, 0.15) is 19.8 Å². The second-order valence-electron chi connectivity index (χ2n) is 4.93. The van der Waals surface area contributed by atoms with Crippen LogP contribution in [0.5, 0.6) is 0 Å². The normalized spacial score (nSPS) is 18.9. The second-order valence-corrected chi connectivity index (χ2v) is 6.18. The van der Waals surface area contributed by atoms with Crippen molar-refractivity contribution < 1.29 is 4.79 Å². The van der Waals surface area contributed by atoms with Crippen LogP contribution in [-0.2, 0) is 11.3 Å². The topological polar surface area (TPSA) is 64.2 Å². The van der Waals surface area contributed by atoms with Crippen molar-refractivity contribution in [3.05, 3.63) is 16.0 Å². The predicted molar refractivity (Wildman–Crippen MR) is 77.9 cm³/mol. The summed E-state index contributed by atoms with van der Waals surface area (Å²) < 4.78 is 2.75. The summed E-state index contributed by atoms with van der Waals surface area (Å²) in [5.41, 5.74) is 5.90. The highest BCUT2D eigenvalue weighted by Gasteiger charge is 2.24. The Morgan fingerprint density at radius 3 is 2.78 bits per heavy atom. The van der Waals surface area contributed by atoms with Crippen LogP contribution in [-0.4, -0.2) is 39.7 Å². The first-order chi connectivity index (χ1) is 8.56. The third kappa shape index (κ3) is 3.44. The van der Waals surface area contributed by atoms with Crippen molar-refractivity contribution in [1.82, 2.24) is 14.7 Å². The molecule has 0 bridgehead atoms. The molecular formula is C12H19IN4O. The lowest BCUT2D eigenvalue weighted by molar-refractivity contribution is -0.133. The van der Waals surface area contributed by atoms with Gasteiger partial charge in [-0.2, -0.15) is 5.10 Å². The van der Waals surface area contributed by atoms with Gasteiger partial charge in [0.05, 0.1) is 9.77 Å². The Kier molecular flexibility index (Phi) is 4.60. The Morgan fingerprint density at radius 2 is 2.28 bits per heavy atom. The van der Waals surface area contributed by atoms with Crippen molar-refractivity contribution in [2.24, 2.45) is 11.7 Å². The molecule has 1 amide bonds. The molecule has 2 heterocycles. The fourth-order valence-electron chi connectivity index (χ4n) is 2.34. The van der Waals surface area contributed by atoms with E-state index < -0.39 is 0 Å². The van der Waals surface area contributed by atoms with Crippen LogP contribution in [0.3, 0.4) is 0 Å². The second kappa shape index (κ2) is 6.01. The van der Waals surface area contributed by atoms with Crippen molar-refractivity contribution in [1.29, 1.82) is 0 Å². The lowest BCUT2D eigenvalue weighted by Gasteiger charge is -2.33. The third-order valence-electron chi connectivity index (χ3n) is 3.53. The zero-order valence-electron chi connectivity index (χ0n) is 10.6. The maximum absolute atomic E-state index is 12.1. The Hall–Kier alpha value is -0.630. The minimum atomic E-state index is 0.151. The van der Waals surface area contributed by atoms with Crippen LogP contribution in [0.4, 0.5) is 0 Å². The summed E-state index contributed by atoms with van der Waals surface area (Å²) in [7, 11) is 0. The van der Waals surface area contributed by atoms with Gasteiger partial charge in [0.1, 0.15) is 6.54 Å². The maximum Gasteiger partial charge on any atom is 0.244 e. The van der Waals surface area contributed by atoms with Gasteiger partial charge < -0.3 is 10.6 Å². The SMILES string of the molecule is CC(N)C1CCN(C(=O)Cn2cc(I)cn2)CC1.